The molecule has 0 radical (unpaired) electrons. The van der Waals surface area contributed by atoms with Gasteiger partial charge in [0.1, 0.15) is 18.1 Å². The molecule has 1 N–H and O–H groups in total. The number of hydrogen-bond acceptors (Lipinski definition) is 6. The van der Waals surface area contributed by atoms with E-state index in [1.54, 1.807) is 12.1 Å². The molecule has 7 nitrogen and oxygen atoms in total. The molecule has 0 unspecified atom stereocenters. The van der Waals surface area contributed by atoms with Gasteiger partial charge in [-0.2, -0.15) is 5.10 Å². The molecule has 0 amide bonds. The van der Waals surface area contributed by atoms with Gasteiger partial charge >= 0.3 is 5.97 Å². The fourth-order valence-electron chi connectivity index (χ4n) is 3.87. The number of hydrazone groups is 1. The monoisotopic (exact) mass is 471 g/mol. The summed E-state index contributed by atoms with van der Waals surface area (Å²) in [7, 11) is 0. The highest BCUT2D eigenvalue weighted by atomic mass is 16.6. The number of carboxylic acids is 1. The third-order valence-corrected chi connectivity index (χ3v) is 5.76. The number of carboxylic acid groups (broad SMARTS) is 1. The predicted molar refractivity (Wildman–Crippen MR) is 137 cm³/mol. The van der Waals surface area contributed by atoms with E-state index >= 15 is 0 Å². The Bertz CT molecular complexity index is 1190. The van der Waals surface area contributed by atoms with Crippen LogP contribution in [0.1, 0.15) is 23.1 Å². The molecular weight excluding hydrogens is 442 g/mol. The van der Waals surface area contributed by atoms with Gasteiger partial charge in [0.25, 0.3) is 0 Å². The lowest BCUT2D eigenvalue weighted by molar-refractivity contribution is -0.136. The van der Waals surface area contributed by atoms with E-state index in [0.29, 0.717) is 18.9 Å². The predicted octanol–water partition coefficient (Wildman–Crippen LogP) is 4.78. The number of hydrogen-bond donors (Lipinski definition) is 1. The molecule has 7 heteroatoms. The van der Waals surface area contributed by atoms with Crippen LogP contribution in [-0.2, 0) is 16.1 Å². The van der Waals surface area contributed by atoms with Crippen LogP contribution in [0, 0.1) is 6.92 Å². The van der Waals surface area contributed by atoms with E-state index in [4.69, 9.17) is 14.7 Å². The van der Waals surface area contributed by atoms with Crippen molar-refractivity contribution < 1.29 is 19.5 Å². The molecule has 0 spiro atoms. The van der Waals surface area contributed by atoms with Gasteiger partial charge in [0.2, 0.25) is 0 Å². The van der Waals surface area contributed by atoms with Crippen molar-refractivity contribution in [1.82, 2.24) is 5.01 Å². The van der Waals surface area contributed by atoms with Gasteiger partial charge in [-0.05, 0) is 35.2 Å². The number of nitrogens with zero attached hydrogens (tertiary/aromatic N) is 3. The van der Waals surface area contributed by atoms with E-state index in [2.05, 4.69) is 46.7 Å². The Labute approximate surface area is 205 Å². The summed E-state index contributed by atoms with van der Waals surface area (Å²) in [5.74, 6) is -0.214. The number of ether oxygens (including phenoxy) is 1. The zero-order valence-electron chi connectivity index (χ0n) is 19.8. The normalized spacial score (nSPS) is 13.2. The molecule has 0 aliphatic carbocycles. The first-order valence-electron chi connectivity index (χ1n) is 11.7. The minimum atomic E-state index is -0.866. The maximum atomic E-state index is 11.0. The summed E-state index contributed by atoms with van der Waals surface area (Å²) in [6.07, 6.45) is 2.80. The summed E-state index contributed by atoms with van der Waals surface area (Å²) in [6.45, 7) is 3.83. The Morgan fingerprint density at radius 3 is 2.49 bits per heavy atom. The van der Waals surface area contributed by atoms with Crippen LogP contribution in [-0.4, -0.2) is 54.3 Å². The SMILES string of the molecule is Cc1c(CC(=O)O)cccc1OCCO/N=C(\CN1CCC=N1)c1ccc(-c2ccccc2)cc1. The topological polar surface area (TPSA) is 83.7 Å². The lowest BCUT2D eigenvalue weighted by Crippen LogP contribution is -2.24. The Kier molecular flexibility index (Phi) is 8.12. The van der Waals surface area contributed by atoms with Crippen molar-refractivity contribution in [3.05, 3.63) is 89.5 Å². The Morgan fingerprint density at radius 1 is 1.00 bits per heavy atom. The number of oxime groups is 1. The van der Waals surface area contributed by atoms with Gasteiger partial charge in [-0.3, -0.25) is 9.80 Å². The van der Waals surface area contributed by atoms with E-state index in [9.17, 15) is 4.79 Å². The first-order valence-corrected chi connectivity index (χ1v) is 11.7. The van der Waals surface area contributed by atoms with Crippen molar-refractivity contribution in [3.63, 3.8) is 0 Å². The summed E-state index contributed by atoms with van der Waals surface area (Å²) in [5.41, 5.74) is 5.64. The first-order chi connectivity index (χ1) is 17.1. The van der Waals surface area contributed by atoms with Gasteiger partial charge in [-0.25, -0.2) is 0 Å². The van der Waals surface area contributed by atoms with Gasteiger partial charge in [0, 0.05) is 24.7 Å². The second-order valence-corrected chi connectivity index (χ2v) is 8.25. The van der Waals surface area contributed by atoms with Gasteiger partial charge < -0.3 is 14.7 Å². The Hall–Kier alpha value is -4.13. The molecule has 0 bridgehead atoms. The maximum Gasteiger partial charge on any atom is 0.307 e. The average Bonchev–Trinajstić information content (AvgIpc) is 3.39. The lowest BCUT2D eigenvalue weighted by atomic mass is 10.0. The third-order valence-electron chi connectivity index (χ3n) is 5.76. The summed E-state index contributed by atoms with van der Waals surface area (Å²) in [6, 6.07) is 24.0. The van der Waals surface area contributed by atoms with Crippen LogP contribution in [0.5, 0.6) is 5.75 Å². The zero-order valence-corrected chi connectivity index (χ0v) is 19.8. The smallest absolute Gasteiger partial charge is 0.307 e. The van der Waals surface area contributed by atoms with Crippen LogP contribution in [0.4, 0.5) is 0 Å². The van der Waals surface area contributed by atoms with Crippen molar-refractivity contribution in [2.45, 2.75) is 19.8 Å². The molecule has 1 aliphatic rings. The van der Waals surface area contributed by atoms with E-state index in [1.807, 2.05) is 42.4 Å². The second-order valence-electron chi connectivity index (χ2n) is 8.25. The van der Waals surface area contributed by atoms with Crippen molar-refractivity contribution >= 4 is 17.9 Å². The molecule has 0 saturated heterocycles. The molecule has 0 atom stereocenters. The Morgan fingerprint density at radius 2 is 1.77 bits per heavy atom. The molecule has 0 aromatic heterocycles. The van der Waals surface area contributed by atoms with Crippen LogP contribution in [0.15, 0.2) is 83.1 Å². The van der Waals surface area contributed by atoms with E-state index < -0.39 is 5.97 Å². The molecule has 35 heavy (non-hydrogen) atoms. The largest absolute Gasteiger partial charge is 0.490 e. The van der Waals surface area contributed by atoms with Gasteiger partial charge in [0.15, 0.2) is 6.61 Å². The quantitative estimate of drug-likeness (QED) is 0.247. The number of rotatable bonds is 11. The van der Waals surface area contributed by atoms with Crippen LogP contribution in [0.3, 0.4) is 0 Å². The van der Waals surface area contributed by atoms with Gasteiger partial charge in [-0.1, -0.05) is 71.9 Å². The molecule has 1 aliphatic heterocycles. The molecule has 0 fully saturated rings. The highest BCUT2D eigenvalue weighted by Gasteiger charge is 2.13. The maximum absolute atomic E-state index is 11.0. The minimum absolute atomic E-state index is 0.0325. The van der Waals surface area contributed by atoms with E-state index in [0.717, 1.165) is 46.5 Å². The highest BCUT2D eigenvalue weighted by molar-refractivity contribution is 6.02. The molecule has 180 valence electrons. The highest BCUT2D eigenvalue weighted by Crippen LogP contribution is 2.22. The molecule has 3 aromatic rings. The Balaban J connectivity index is 1.39. The van der Waals surface area contributed by atoms with E-state index in [-0.39, 0.29) is 13.0 Å². The summed E-state index contributed by atoms with van der Waals surface area (Å²) in [4.78, 5) is 16.7. The van der Waals surface area contributed by atoms with Crippen LogP contribution in [0.25, 0.3) is 11.1 Å². The minimum Gasteiger partial charge on any atom is -0.490 e. The standard InChI is InChI=1S/C28H29N3O4/c1-21-25(19-28(32)33)9-5-10-27(21)34-17-18-35-30-26(20-31-16-6-15-29-31)24-13-11-23(12-14-24)22-7-3-2-4-8-22/h2-5,7-15H,6,16-20H2,1H3,(H,32,33)/b30-26+. The summed E-state index contributed by atoms with van der Waals surface area (Å²) >= 11 is 0. The first kappa shape index (κ1) is 24.0. The molecule has 3 aromatic carbocycles. The average molecular weight is 472 g/mol. The number of aliphatic carboxylic acids is 1. The number of carbonyl (C=O) groups is 1. The molecule has 1 heterocycles. The molecule has 4 rings (SSSR count). The van der Waals surface area contributed by atoms with Crippen molar-refractivity contribution in [1.29, 1.82) is 0 Å². The fourth-order valence-corrected chi connectivity index (χ4v) is 3.87. The van der Waals surface area contributed by atoms with Crippen LogP contribution >= 0.6 is 0 Å². The second kappa shape index (κ2) is 11.8. The van der Waals surface area contributed by atoms with Crippen LogP contribution < -0.4 is 4.74 Å². The van der Waals surface area contributed by atoms with Crippen molar-refractivity contribution in [2.24, 2.45) is 10.3 Å². The van der Waals surface area contributed by atoms with E-state index in [1.165, 1.54) is 0 Å². The van der Waals surface area contributed by atoms with Crippen molar-refractivity contribution in [3.8, 4) is 16.9 Å². The molecular formula is C28H29N3O4. The summed E-state index contributed by atoms with van der Waals surface area (Å²) in [5, 5.41) is 19.8. The molecule has 0 saturated carbocycles. The fraction of sp³-hybridized carbons (Fsp3) is 0.250. The van der Waals surface area contributed by atoms with Crippen LogP contribution in [0.2, 0.25) is 0 Å². The van der Waals surface area contributed by atoms with Gasteiger partial charge in [0.05, 0.1) is 13.0 Å². The third kappa shape index (κ3) is 6.69. The van der Waals surface area contributed by atoms with Crippen molar-refractivity contribution in [2.75, 3.05) is 26.3 Å². The summed E-state index contributed by atoms with van der Waals surface area (Å²) < 4.78 is 5.82. The zero-order chi connectivity index (χ0) is 24.5. The number of benzene rings is 3. The van der Waals surface area contributed by atoms with Gasteiger partial charge in [-0.15, -0.1) is 0 Å². The lowest BCUT2D eigenvalue weighted by Gasteiger charge is -2.16.